The molecule has 0 saturated carbocycles. The molecule has 0 bridgehead atoms. The molecule has 6 nitrogen and oxygen atoms in total. The van der Waals surface area contributed by atoms with Crippen molar-refractivity contribution in [2.45, 2.75) is 361 Å². The Morgan fingerprint density at radius 1 is 0.282 bits per heavy atom. The SMILES string of the molecule is CCCCCCC/C=C\C/C=C\CCCCCCCCCCCCCC(=O)OCC(COC(=O)CCCCCCCCCCCCCCCC)OC(=O)CCCCCCCCCCCCCCCCCC. The first-order chi connectivity index (χ1) is 35.0. The third kappa shape index (κ3) is 58.7. The van der Waals surface area contributed by atoms with Crippen molar-refractivity contribution < 1.29 is 28.6 Å². The zero-order valence-electron chi connectivity index (χ0n) is 48.0. The van der Waals surface area contributed by atoms with E-state index in [1.807, 2.05) is 0 Å². The first-order valence-electron chi connectivity index (χ1n) is 31.8. The van der Waals surface area contributed by atoms with E-state index in [0.29, 0.717) is 19.3 Å². The lowest BCUT2D eigenvalue weighted by molar-refractivity contribution is -0.167. The number of esters is 3. The van der Waals surface area contributed by atoms with Gasteiger partial charge in [0.2, 0.25) is 0 Å². The molecule has 0 amide bonds. The smallest absolute Gasteiger partial charge is 0.306 e. The molecule has 0 N–H and O–H groups in total. The van der Waals surface area contributed by atoms with Gasteiger partial charge in [0.1, 0.15) is 13.2 Å². The van der Waals surface area contributed by atoms with Crippen LogP contribution in [0.15, 0.2) is 24.3 Å². The van der Waals surface area contributed by atoms with E-state index >= 15 is 0 Å². The van der Waals surface area contributed by atoms with Gasteiger partial charge in [-0.25, -0.2) is 0 Å². The summed E-state index contributed by atoms with van der Waals surface area (Å²) in [5.41, 5.74) is 0. The van der Waals surface area contributed by atoms with E-state index in [1.54, 1.807) is 0 Å². The van der Waals surface area contributed by atoms with Gasteiger partial charge in [-0.2, -0.15) is 0 Å². The third-order valence-electron chi connectivity index (χ3n) is 14.5. The van der Waals surface area contributed by atoms with E-state index in [-0.39, 0.29) is 31.1 Å². The quantitative estimate of drug-likeness (QED) is 0.0261. The summed E-state index contributed by atoms with van der Waals surface area (Å²) in [7, 11) is 0. The van der Waals surface area contributed by atoms with Crippen LogP contribution < -0.4 is 0 Å². The summed E-state index contributed by atoms with van der Waals surface area (Å²) < 4.78 is 16.9. The minimum absolute atomic E-state index is 0.0653. The second-order valence-corrected chi connectivity index (χ2v) is 21.7. The van der Waals surface area contributed by atoms with Crippen LogP contribution in [0.4, 0.5) is 0 Å². The van der Waals surface area contributed by atoms with E-state index < -0.39 is 6.10 Å². The number of hydrogen-bond donors (Lipinski definition) is 0. The highest BCUT2D eigenvalue weighted by Gasteiger charge is 2.19. The number of ether oxygens (including phenoxy) is 3. The summed E-state index contributed by atoms with van der Waals surface area (Å²) in [6.07, 6.45) is 71.8. The lowest BCUT2D eigenvalue weighted by Crippen LogP contribution is -2.30. The molecule has 71 heavy (non-hydrogen) atoms. The second-order valence-electron chi connectivity index (χ2n) is 21.7. The summed E-state index contributed by atoms with van der Waals surface area (Å²) in [6.45, 7) is 6.69. The molecule has 6 heteroatoms. The molecule has 0 aliphatic carbocycles. The predicted octanol–water partition coefficient (Wildman–Crippen LogP) is 21.4. The summed E-state index contributed by atoms with van der Waals surface area (Å²) in [6, 6.07) is 0. The van der Waals surface area contributed by atoms with Gasteiger partial charge in [-0.3, -0.25) is 14.4 Å². The molecule has 0 aliphatic rings. The van der Waals surface area contributed by atoms with E-state index in [0.717, 1.165) is 64.2 Å². The van der Waals surface area contributed by atoms with Gasteiger partial charge in [-0.1, -0.05) is 308 Å². The van der Waals surface area contributed by atoms with Crippen molar-refractivity contribution in [2.75, 3.05) is 13.2 Å². The molecule has 1 atom stereocenters. The molecule has 0 aromatic rings. The van der Waals surface area contributed by atoms with E-state index in [1.165, 1.54) is 250 Å². The number of rotatable bonds is 59. The lowest BCUT2D eigenvalue weighted by Gasteiger charge is -2.18. The fourth-order valence-electron chi connectivity index (χ4n) is 9.65. The summed E-state index contributed by atoms with van der Waals surface area (Å²) in [4.78, 5) is 38.3. The first-order valence-corrected chi connectivity index (χ1v) is 31.8. The van der Waals surface area contributed by atoms with Crippen molar-refractivity contribution in [2.24, 2.45) is 0 Å². The second kappa shape index (κ2) is 60.4. The molecule has 0 radical (unpaired) electrons. The largest absolute Gasteiger partial charge is 0.462 e. The fourth-order valence-corrected chi connectivity index (χ4v) is 9.65. The highest BCUT2D eigenvalue weighted by atomic mass is 16.6. The third-order valence-corrected chi connectivity index (χ3v) is 14.5. The molecule has 0 aromatic heterocycles. The van der Waals surface area contributed by atoms with Gasteiger partial charge in [0.05, 0.1) is 0 Å². The molecule has 0 saturated heterocycles. The Morgan fingerprint density at radius 2 is 0.507 bits per heavy atom. The summed E-state index contributed by atoms with van der Waals surface area (Å²) in [5, 5.41) is 0. The highest BCUT2D eigenvalue weighted by molar-refractivity contribution is 5.71. The van der Waals surface area contributed by atoms with Gasteiger partial charge >= 0.3 is 17.9 Å². The zero-order valence-corrected chi connectivity index (χ0v) is 48.0. The van der Waals surface area contributed by atoms with Gasteiger partial charge in [0.15, 0.2) is 6.10 Å². The van der Waals surface area contributed by atoms with Crippen LogP contribution in [0.3, 0.4) is 0 Å². The Hall–Kier alpha value is -2.11. The molecule has 0 heterocycles. The van der Waals surface area contributed by atoms with Crippen molar-refractivity contribution in [3.05, 3.63) is 24.3 Å². The average molecular weight is 1000 g/mol. The molecule has 1 unspecified atom stereocenters. The highest BCUT2D eigenvalue weighted by Crippen LogP contribution is 2.18. The van der Waals surface area contributed by atoms with Crippen LogP contribution in [0.2, 0.25) is 0 Å². The number of hydrogen-bond acceptors (Lipinski definition) is 6. The molecule has 0 fully saturated rings. The monoisotopic (exact) mass is 999 g/mol. The molecule has 0 aliphatic heterocycles. The lowest BCUT2D eigenvalue weighted by atomic mass is 10.0. The summed E-state index contributed by atoms with van der Waals surface area (Å²) in [5.74, 6) is -0.840. The van der Waals surface area contributed by atoms with Gasteiger partial charge in [-0.05, 0) is 51.4 Å². The number of carbonyl (C=O) groups excluding carboxylic acids is 3. The van der Waals surface area contributed by atoms with Crippen molar-refractivity contribution in [3.63, 3.8) is 0 Å². The average Bonchev–Trinajstić information content (AvgIpc) is 3.37. The Bertz CT molecular complexity index is 1150. The minimum atomic E-state index is -0.767. The number of allylic oxidation sites excluding steroid dienone is 4. The van der Waals surface area contributed by atoms with Crippen LogP contribution >= 0.6 is 0 Å². The van der Waals surface area contributed by atoms with Crippen molar-refractivity contribution in [3.8, 4) is 0 Å². The molecule has 0 spiro atoms. The van der Waals surface area contributed by atoms with Crippen molar-refractivity contribution in [1.29, 1.82) is 0 Å². The summed E-state index contributed by atoms with van der Waals surface area (Å²) >= 11 is 0. The van der Waals surface area contributed by atoms with Crippen LogP contribution in [0.5, 0.6) is 0 Å². The zero-order chi connectivity index (χ0) is 51.4. The Balaban J connectivity index is 4.27. The maximum Gasteiger partial charge on any atom is 0.306 e. The molecule has 418 valence electrons. The van der Waals surface area contributed by atoms with Crippen LogP contribution in [0.25, 0.3) is 0 Å². The van der Waals surface area contributed by atoms with E-state index in [4.69, 9.17) is 14.2 Å². The predicted molar refractivity (Wildman–Crippen MR) is 307 cm³/mol. The maximum absolute atomic E-state index is 12.9. The number of unbranched alkanes of at least 4 members (excludes halogenated alkanes) is 44. The number of carbonyl (C=O) groups is 3. The van der Waals surface area contributed by atoms with Crippen LogP contribution in [-0.2, 0) is 28.6 Å². The van der Waals surface area contributed by atoms with Crippen molar-refractivity contribution in [1.82, 2.24) is 0 Å². The maximum atomic E-state index is 12.9. The normalized spacial score (nSPS) is 12.1. The Morgan fingerprint density at radius 3 is 0.775 bits per heavy atom. The molecular weight excluding hydrogens is 877 g/mol. The minimum Gasteiger partial charge on any atom is -0.462 e. The van der Waals surface area contributed by atoms with Gasteiger partial charge < -0.3 is 14.2 Å². The van der Waals surface area contributed by atoms with Crippen LogP contribution in [0.1, 0.15) is 355 Å². The van der Waals surface area contributed by atoms with E-state index in [9.17, 15) is 14.4 Å². The Kier molecular flexibility index (Phi) is 58.6. The topological polar surface area (TPSA) is 78.9 Å². The van der Waals surface area contributed by atoms with Gasteiger partial charge in [0, 0.05) is 19.3 Å². The Labute approximate surface area is 443 Å². The van der Waals surface area contributed by atoms with Crippen LogP contribution in [0, 0.1) is 0 Å². The first kappa shape index (κ1) is 68.9. The fraction of sp³-hybridized carbons (Fsp3) is 0.892. The molecular formula is C65H122O6. The van der Waals surface area contributed by atoms with Crippen LogP contribution in [-0.4, -0.2) is 37.2 Å². The van der Waals surface area contributed by atoms with Crippen molar-refractivity contribution >= 4 is 17.9 Å². The van der Waals surface area contributed by atoms with E-state index in [2.05, 4.69) is 45.1 Å². The standard InChI is InChI=1S/C65H122O6/c1-4-7-10-13-16-19-22-25-28-30-31-32-33-34-35-36-38-40-43-46-49-52-55-58-64(67)70-61-62(60-69-63(66)57-54-51-48-45-42-39-27-24-21-18-15-12-9-6-3)71-65(68)59-56-53-50-47-44-41-37-29-26-23-20-17-14-11-8-5-2/h22,25,30-31,62H,4-21,23-24,26-29,32-61H2,1-3H3/b25-22-,31-30-. The van der Waals surface area contributed by atoms with Gasteiger partial charge in [-0.15, -0.1) is 0 Å². The van der Waals surface area contributed by atoms with Gasteiger partial charge in [0.25, 0.3) is 0 Å². The molecule has 0 aromatic carbocycles. The molecule has 0 rings (SSSR count).